The Morgan fingerprint density at radius 1 is 0.739 bits per heavy atom. The first-order chi connectivity index (χ1) is 11.4. The van der Waals surface area contributed by atoms with E-state index in [0.29, 0.717) is 66.1 Å². The minimum absolute atomic E-state index is 0.279. The van der Waals surface area contributed by atoms with E-state index in [1.807, 2.05) is 24.4 Å². The maximum atomic E-state index is 5.71. The predicted octanol–water partition coefficient (Wildman–Crippen LogP) is 1.34. The standard InChI is InChI=1S/C17H27NO5/c1-2-4-18-17(3-1)13-16-14-22-11-9-20-7-5-19-6-8-21-10-12-23-15-16/h1-4,16H,5-15H2. The molecule has 0 atom stereocenters. The third-order valence-corrected chi connectivity index (χ3v) is 3.42. The van der Waals surface area contributed by atoms with Crippen LogP contribution in [0.1, 0.15) is 5.69 Å². The molecule has 0 radical (unpaired) electrons. The van der Waals surface area contributed by atoms with E-state index in [4.69, 9.17) is 23.7 Å². The third-order valence-electron chi connectivity index (χ3n) is 3.42. The molecule has 1 aromatic rings. The van der Waals surface area contributed by atoms with Gasteiger partial charge in [-0.2, -0.15) is 0 Å². The molecular formula is C17H27NO5. The molecule has 0 saturated carbocycles. The molecule has 0 unspecified atom stereocenters. The normalized spacial score (nSPS) is 21.0. The largest absolute Gasteiger partial charge is 0.379 e. The van der Waals surface area contributed by atoms with Gasteiger partial charge in [-0.15, -0.1) is 0 Å². The predicted molar refractivity (Wildman–Crippen MR) is 85.5 cm³/mol. The van der Waals surface area contributed by atoms with Crippen LogP contribution < -0.4 is 0 Å². The van der Waals surface area contributed by atoms with Crippen LogP contribution in [-0.2, 0) is 30.1 Å². The topological polar surface area (TPSA) is 59.0 Å². The van der Waals surface area contributed by atoms with Gasteiger partial charge in [-0.05, 0) is 18.6 Å². The van der Waals surface area contributed by atoms with Crippen LogP contribution in [0.4, 0.5) is 0 Å². The van der Waals surface area contributed by atoms with E-state index in [-0.39, 0.29) is 5.92 Å². The molecule has 0 bridgehead atoms. The zero-order chi connectivity index (χ0) is 16.0. The van der Waals surface area contributed by atoms with Gasteiger partial charge >= 0.3 is 0 Å². The van der Waals surface area contributed by atoms with Crippen LogP contribution in [0.5, 0.6) is 0 Å². The van der Waals surface area contributed by atoms with E-state index in [1.165, 1.54) is 0 Å². The molecule has 6 nitrogen and oxygen atoms in total. The maximum Gasteiger partial charge on any atom is 0.0701 e. The Morgan fingerprint density at radius 2 is 1.26 bits per heavy atom. The van der Waals surface area contributed by atoms with Crippen molar-refractivity contribution >= 4 is 0 Å². The van der Waals surface area contributed by atoms with Crippen molar-refractivity contribution < 1.29 is 23.7 Å². The Hall–Kier alpha value is -1.05. The lowest BCUT2D eigenvalue weighted by Crippen LogP contribution is -2.22. The van der Waals surface area contributed by atoms with E-state index < -0.39 is 0 Å². The summed E-state index contributed by atoms with van der Waals surface area (Å²) in [5.41, 5.74) is 1.06. The van der Waals surface area contributed by atoms with Crippen molar-refractivity contribution in [1.82, 2.24) is 4.98 Å². The van der Waals surface area contributed by atoms with Crippen LogP contribution in [0.3, 0.4) is 0 Å². The summed E-state index contributed by atoms with van der Waals surface area (Å²) in [7, 11) is 0. The highest BCUT2D eigenvalue weighted by atomic mass is 16.6. The molecule has 1 saturated heterocycles. The molecule has 1 aliphatic rings. The highest BCUT2D eigenvalue weighted by Gasteiger charge is 2.12. The second-order valence-electron chi connectivity index (χ2n) is 5.38. The second kappa shape index (κ2) is 12.4. The summed E-state index contributed by atoms with van der Waals surface area (Å²) in [6.45, 7) is 5.95. The summed E-state index contributed by atoms with van der Waals surface area (Å²) < 4.78 is 27.7. The lowest BCUT2D eigenvalue weighted by Gasteiger charge is -2.17. The van der Waals surface area contributed by atoms with E-state index in [0.717, 1.165) is 12.1 Å². The zero-order valence-corrected chi connectivity index (χ0v) is 13.7. The molecule has 1 aromatic heterocycles. The molecule has 130 valence electrons. The lowest BCUT2D eigenvalue weighted by molar-refractivity contribution is -0.0329. The number of nitrogens with zero attached hydrogens (tertiary/aromatic N) is 1. The summed E-state index contributed by atoms with van der Waals surface area (Å²) in [5.74, 6) is 0.279. The number of ether oxygens (including phenoxy) is 5. The first-order valence-electron chi connectivity index (χ1n) is 8.24. The molecule has 0 N–H and O–H groups in total. The van der Waals surface area contributed by atoms with Gasteiger partial charge in [-0.3, -0.25) is 4.98 Å². The number of rotatable bonds is 2. The molecule has 0 aromatic carbocycles. The zero-order valence-electron chi connectivity index (χ0n) is 13.7. The summed E-state index contributed by atoms with van der Waals surface area (Å²) in [6.07, 6.45) is 2.66. The smallest absolute Gasteiger partial charge is 0.0701 e. The van der Waals surface area contributed by atoms with Crippen molar-refractivity contribution in [3.05, 3.63) is 30.1 Å². The van der Waals surface area contributed by atoms with Crippen molar-refractivity contribution in [1.29, 1.82) is 0 Å². The summed E-state index contributed by atoms with van der Waals surface area (Å²) in [5, 5.41) is 0. The first-order valence-corrected chi connectivity index (χ1v) is 8.24. The Morgan fingerprint density at radius 3 is 1.74 bits per heavy atom. The fraction of sp³-hybridized carbons (Fsp3) is 0.706. The Labute approximate surface area is 138 Å². The third kappa shape index (κ3) is 8.98. The average molecular weight is 325 g/mol. The molecule has 1 fully saturated rings. The fourth-order valence-corrected chi connectivity index (χ4v) is 2.26. The minimum Gasteiger partial charge on any atom is -0.379 e. The van der Waals surface area contributed by atoms with Gasteiger partial charge in [0.25, 0.3) is 0 Å². The van der Waals surface area contributed by atoms with Gasteiger partial charge in [-0.25, -0.2) is 0 Å². The molecule has 1 aliphatic heterocycles. The second-order valence-corrected chi connectivity index (χ2v) is 5.38. The van der Waals surface area contributed by atoms with Crippen LogP contribution in [0.25, 0.3) is 0 Å². The molecule has 2 rings (SSSR count). The van der Waals surface area contributed by atoms with Crippen molar-refractivity contribution in [2.75, 3.05) is 66.1 Å². The minimum atomic E-state index is 0.279. The van der Waals surface area contributed by atoms with Gasteiger partial charge in [0.2, 0.25) is 0 Å². The van der Waals surface area contributed by atoms with Crippen LogP contribution in [0.15, 0.2) is 24.4 Å². The first kappa shape index (κ1) is 18.3. The number of aromatic nitrogens is 1. The Kier molecular flexibility index (Phi) is 9.85. The van der Waals surface area contributed by atoms with Crippen molar-refractivity contribution in [2.24, 2.45) is 5.92 Å². The lowest BCUT2D eigenvalue weighted by atomic mass is 10.1. The quantitative estimate of drug-likeness (QED) is 0.818. The monoisotopic (exact) mass is 325 g/mol. The number of hydrogen-bond donors (Lipinski definition) is 0. The van der Waals surface area contributed by atoms with Gasteiger partial charge in [0.05, 0.1) is 66.1 Å². The van der Waals surface area contributed by atoms with Crippen LogP contribution in [-0.4, -0.2) is 71.1 Å². The number of hydrogen-bond acceptors (Lipinski definition) is 6. The number of pyridine rings is 1. The Bertz CT molecular complexity index is 374. The summed E-state index contributed by atoms with van der Waals surface area (Å²) >= 11 is 0. The van der Waals surface area contributed by atoms with E-state index in [1.54, 1.807) is 0 Å². The van der Waals surface area contributed by atoms with Gasteiger partial charge in [0, 0.05) is 17.8 Å². The molecule has 0 aliphatic carbocycles. The highest BCUT2D eigenvalue weighted by molar-refractivity contribution is 5.04. The van der Waals surface area contributed by atoms with Crippen LogP contribution in [0, 0.1) is 5.92 Å². The molecule has 0 amide bonds. The van der Waals surface area contributed by atoms with E-state index in [9.17, 15) is 0 Å². The van der Waals surface area contributed by atoms with Crippen LogP contribution >= 0.6 is 0 Å². The van der Waals surface area contributed by atoms with E-state index in [2.05, 4.69) is 4.98 Å². The fourth-order valence-electron chi connectivity index (χ4n) is 2.26. The van der Waals surface area contributed by atoms with Crippen LogP contribution in [0.2, 0.25) is 0 Å². The highest BCUT2D eigenvalue weighted by Crippen LogP contribution is 2.08. The molecule has 0 spiro atoms. The molecule has 23 heavy (non-hydrogen) atoms. The maximum absolute atomic E-state index is 5.71. The van der Waals surface area contributed by atoms with Crippen molar-refractivity contribution in [2.45, 2.75) is 6.42 Å². The molecular weight excluding hydrogens is 298 g/mol. The van der Waals surface area contributed by atoms with E-state index >= 15 is 0 Å². The van der Waals surface area contributed by atoms with Gasteiger partial charge in [0.1, 0.15) is 0 Å². The van der Waals surface area contributed by atoms with Gasteiger partial charge in [0.15, 0.2) is 0 Å². The van der Waals surface area contributed by atoms with Gasteiger partial charge < -0.3 is 23.7 Å². The molecule has 6 heteroatoms. The van der Waals surface area contributed by atoms with Gasteiger partial charge in [-0.1, -0.05) is 6.07 Å². The van der Waals surface area contributed by atoms with Crippen molar-refractivity contribution in [3.8, 4) is 0 Å². The average Bonchev–Trinajstić information content (AvgIpc) is 2.57. The summed E-state index contributed by atoms with van der Waals surface area (Å²) in [4.78, 5) is 4.38. The summed E-state index contributed by atoms with van der Waals surface area (Å²) in [6, 6.07) is 5.96. The Balaban J connectivity index is 1.76. The van der Waals surface area contributed by atoms with Crippen molar-refractivity contribution in [3.63, 3.8) is 0 Å². The molecule has 2 heterocycles. The SMILES string of the molecule is c1ccc(CC2COCCOCCOCCOCCOC2)nc1.